The third-order valence-electron chi connectivity index (χ3n) is 3.75. The van der Waals surface area contributed by atoms with E-state index in [9.17, 15) is 9.59 Å². The molecule has 2 aromatic rings. The Labute approximate surface area is 140 Å². The predicted octanol–water partition coefficient (Wildman–Crippen LogP) is 3.14. The maximum Gasteiger partial charge on any atom is 0.274 e. The number of rotatable bonds is 5. The second-order valence-corrected chi connectivity index (χ2v) is 5.86. The fourth-order valence-electron chi connectivity index (χ4n) is 2.28. The molecule has 0 radical (unpaired) electrons. The van der Waals surface area contributed by atoms with E-state index in [0.717, 1.165) is 12.0 Å². The molecule has 0 aliphatic carbocycles. The monoisotopic (exact) mass is 333 g/mol. The first kappa shape index (κ1) is 17.2. The van der Waals surface area contributed by atoms with Crippen LogP contribution in [0, 0.1) is 0 Å². The Kier molecular flexibility index (Phi) is 5.55. The van der Waals surface area contributed by atoms with Gasteiger partial charge in [0.25, 0.3) is 11.5 Å². The molecule has 0 saturated carbocycles. The number of aromatic nitrogens is 2. The normalized spacial score (nSPS) is 12.0. The van der Waals surface area contributed by atoms with Gasteiger partial charge in [-0.2, -0.15) is 5.10 Å². The van der Waals surface area contributed by atoms with E-state index in [0.29, 0.717) is 11.6 Å². The standard InChI is InChI=1S/C17H20ClN3O2/c1-4-10-21-16(22)9-8-15(19-21)17(23)20(3)12(2)13-6-5-7-14(18)11-13/h5-9,11-12H,4,10H2,1-3H3. The Morgan fingerprint density at radius 3 is 2.74 bits per heavy atom. The van der Waals surface area contributed by atoms with Gasteiger partial charge < -0.3 is 4.90 Å². The van der Waals surface area contributed by atoms with Crippen molar-refractivity contribution in [1.29, 1.82) is 0 Å². The third kappa shape index (κ3) is 3.99. The van der Waals surface area contributed by atoms with E-state index in [2.05, 4.69) is 5.10 Å². The van der Waals surface area contributed by atoms with Gasteiger partial charge in [0.15, 0.2) is 0 Å². The summed E-state index contributed by atoms with van der Waals surface area (Å²) < 4.78 is 1.32. The van der Waals surface area contributed by atoms with E-state index in [1.54, 1.807) is 18.0 Å². The van der Waals surface area contributed by atoms with Crippen LogP contribution < -0.4 is 5.56 Å². The molecule has 0 aliphatic heterocycles. The Morgan fingerprint density at radius 1 is 1.35 bits per heavy atom. The molecule has 0 spiro atoms. The van der Waals surface area contributed by atoms with Crippen LogP contribution in [-0.2, 0) is 6.54 Å². The Morgan fingerprint density at radius 2 is 2.09 bits per heavy atom. The maximum atomic E-state index is 12.6. The molecule has 1 atom stereocenters. The number of nitrogens with zero attached hydrogens (tertiary/aromatic N) is 3. The van der Waals surface area contributed by atoms with Gasteiger partial charge in [-0.3, -0.25) is 9.59 Å². The van der Waals surface area contributed by atoms with Crippen LogP contribution >= 0.6 is 11.6 Å². The van der Waals surface area contributed by atoms with E-state index in [-0.39, 0.29) is 23.2 Å². The number of amides is 1. The molecule has 5 nitrogen and oxygen atoms in total. The lowest BCUT2D eigenvalue weighted by Gasteiger charge is -2.25. The van der Waals surface area contributed by atoms with E-state index in [1.165, 1.54) is 16.8 Å². The summed E-state index contributed by atoms with van der Waals surface area (Å²) in [6.45, 7) is 4.37. The first-order valence-corrected chi connectivity index (χ1v) is 7.92. The average Bonchev–Trinajstić information content (AvgIpc) is 2.55. The molecule has 122 valence electrons. The van der Waals surface area contributed by atoms with Gasteiger partial charge in [0.1, 0.15) is 5.69 Å². The molecule has 2 rings (SSSR count). The van der Waals surface area contributed by atoms with Crippen molar-refractivity contribution in [3.05, 3.63) is 63.0 Å². The van der Waals surface area contributed by atoms with Crippen LogP contribution in [-0.4, -0.2) is 27.6 Å². The van der Waals surface area contributed by atoms with Crippen LogP contribution in [0.1, 0.15) is 42.4 Å². The number of carbonyl (C=O) groups is 1. The number of carbonyl (C=O) groups excluding carboxylic acids is 1. The van der Waals surface area contributed by atoms with E-state index >= 15 is 0 Å². The lowest BCUT2D eigenvalue weighted by atomic mass is 10.1. The summed E-state index contributed by atoms with van der Waals surface area (Å²) in [5.41, 5.74) is 0.999. The van der Waals surface area contributed by atoms with Crippen molar-refractivity contribution >= 4 is 17.5 Å². The number of hydrogen-bond donors (Lipinski definition) is 0. The number of hydrogen-bond acceptors (Lipinski definition) is 3. The molecule has 1 amide bonds. The van der Waals surface area contributed by atoms with Crippen molar-refractivity contribution in [3.8, 4) is 0 Å². The van der Waals surface area contributed by atoms with Crippen molar-refractivity contribution in [1.82, 2.24) is 14.7 Å². The van der Waals surface area contributed by atoms with Gasteiger partial charge in [0, 0.05) is 24.7 Å². The Balaban J connectivity index is 2.25. The smallest absolute Gasteiger partial charge is 0.274 e. The van der Waals surface area contributed by atoms with Crippen LogP contribution in [0.3, 0.4) is 0 Å². The highest BCUT2D eigenvalue weighted by molar-refractivity contribution is 6.30. The predicted molar refractivity (Wildman–Crippen MR) is 90.7 cm³/mol. The fraction of sp³-hybridized carbons (Fsp3) is 0.353. The van der Waals surface area contributed by atoms with Crippen LogP contribution in [0.2, 0.25) is 5.02 Å². The lowest BCUT2D eigenvalue weighted by Crippen LogP contribution is -2.33. The molecule has 0 N–H and O–H groups in total. The summed E-state index contributed by atoms with van der Waals surface area (Å²) in [6.07, 6.45) is 0.777. The van der Waals surface area contributed by atoms with Gasteiger partial charge in [-0.15, -0.1) is 0 Å². The zero-order valence-corrected chi connectivity index (χ0v) is 14.2. The second-order valence-electron chi connectivity index (χ2n) is 5.43. The quantitative estimate of drug-likeness (QED) is 0.844. The van der Waals surface area contributed by atoms with Crippen molar-refractivity contribution in [2.45, 2.75) is 32.9 Å². The molecule has 1 unspecified atom stereocenters. The molecule has 23 heavy (non-hydrogen) atoms. The largest absolute Gasteiger partial charge is 0.334 e. The lowest BCUT2D eigenvalue weighted by molar-refractivity contribution is 0.0733. The highest BCUT2D eigenvalue weighted by Gasteiger charge is 2.20. The Hall–Kier alpha value is -2.14. The Bertz CT molecular complexity index is 757. The summed E-state index contributed by atoms with van der Waals surface area (Å²) in [5.74, 6) is -0.234. The molecule has 0 saturated heterocycles. The van der Waals surface area contributed by atoms with Gasteiger partial charge in [-0.05, 0) is 37.1 Å². The summed E-state index contributed by atoms with van der Waals surface area (Å²) in [7, 11) is 1.71. The first-order valence-electron chi connectivity index (χ1n) is 7.54. The number of halogens is 1. The van der Waals surface area contributed by atoms with Crippen LogP contribution in [0.15, 0.2) is 41.2 Å². The van der Waals surface area contributed by atoms with Crippen LogP contribution in [0.4, 0.5) is 0 Å². The summed E-state index contributed by atoms with van der Waals surface area (Å²) in [4.78, 5) is 25.9. The average molecular weight is 334 g/mol. The van der Waals surface area contributed by atoms with E-state index in [1.807, 2.05) is 32.0 Å². The highest BCUT2D eigenvalue weighted by atomic mass is 35.5. The summed E-state index contributed by atoms with van der Waals surface area (Å²) >= 11 is 6.01. The van der Waals surface area contributed by atoms with Crippen molar-refractivity contribution in [2.75, 3.05) is 7.05 Å². The van der Waals surface area contributed by atoms with Gasteiger partial charge >= 0.3 is 0 Å². The SMILES string of the molecule is CCCn1nc(C(=O)N(C)C(C)c2cccc(Cl)c2)ccc1=O. The molecule has 0 aliphatic rings. The van der Waals surface area contributed by atoms with Crippen molar-refractivity contribution in [2.24, 2.45) is 0 Å². The third-order valence-corrected chi connectivity index (χ3v) is 3.99. The van der Waals surface area contributed by atoms with Gasteiger partial charge in [0.05, 0.1) is 6.04 Å². The molecule has 0 fully saturated rings. The maximum absolute atomic E-state index is 12.6. The van der Waals surface area contributed by atoms with Crippen molar-refractivity contribution in [3.63, 3.8) is 0 Å². The summed E-state index contributed by atoms with van der Waals surface area (Å²) in [5, 5.41) is 4.79. The molecular weight excluding hydrogens is 314 g/mol. The zero-order chi connectivity index (χ0) is 17.0. The van der Waals surface area contributed by atoms with Gasteiger partial charge in [-0.1, -0.05) is 30.7 Å². The molecule has 1 heterocycles. The number of benzene rings is 1. The fourth-order valence-corrected chi connectivity index (χ4v) is 2.48. The summed E-state index contributed by atoms with van der Waals surface area (Å²) in [6, 6.07) is 10.1. The van der Waals surface area contributed by atoms with Crippen LogP contribution in [0.25, 0.3) is 0 Å². The molecule has 1 aromatic carbocycles. The molecular formula is C17H20ClN3O2. The number of aryl methyl sites for hydroxylation is 1. The topological polar surface area (TPSA) is 55.2 Å². The molecule has 0 bridgehead atoms. The van der Waals surface area contributed by atoms with Gasteiger partial charge in [-0.25, -0.2) is 4.68 Å². The van der Waals surface area contributed by atoms with Crippen molar-refractivity contribution < 1.29 is 4.79 Å². The first-order chi connectivity index (χ1) is 10.9. The zero-order valence-electron chi connectivity index (χ0n) is 13.5. The minimum absolute atomic E-state index is 0.158. The second kappa shape index (κ2) is 7.42. The molecule has 1 aromatic heterocycles. The highest BCUT2D eigenvalue weighted by Crippen LogP contribution is 2.22. The van der Waals surface area contributed by atoms with E-state index < -0.39 is 0 Å². The minimum Gasteiger partial charge on any atom is -0.334 e. The van der Waals surface area contributed by atoms with E-state index in [4.69, 9.17) is 11.6 Å². The minimum atomic E-state index is -0.234. The molecule has 6 heteroatoms. The van der Waals surface area contributed by atoms with Gasteiger partial charge in [0.2, 0.25) is 0 Å². The van der Waals surface area contributed by atoms with Crippen LogP contribution in [0.5, 0.6) is 0 Å².